The summed E-state index contributed by atoms with van der Waals surface area (Å²) in [5.74, 6) is 0. The zero-order chi connectivity index (χ0) is 11.1. The lowest BCUT2D eigenvalue weighted by Crippen LogP contribution is -2.29. The summed E-state index contributed by atoms with van der Waals surface area (Å²) in [6.45, 7) is 1.71. The highest BCUT2D eigenvalue weighted by molar-refractivity contribution is 5.19. The van der Waals surface area contributed by atoms with Crippen molar-refractivity contribution in [3.63, 3.8) is 0 Å². The number of nitriles is 1. The van der Waals surface area contributed by atoms with E-state index in [0.29, 0.717) is 0 Å². The van der Waals surface area contributed by atoms with Gasteiger partial charge in [0.05, 0.1) is 6.07 Å². The van der Waals surface area contributed by atoms with Crippen LogP contribution in [0.3, 0.4) is 0 Å². The molecule has 0 fully saturated rings. The highest BCUT2D eigenvalue weighted by atomic mass is 15.1. The molecule has 4 nitrogen and oxygen atoms in total. The van der Waals surface area contributed by atoms with Crippen LogP contribution in [0.2, 0.25) is 0 Å². The first-order valence-electron chi connectivity index (χ1n) is 4.91. The first-order chi connectivity index (χ1) is 7.24. The lowest BCUT2D eigenvalue weighted by Gasteiger charge is -2.14. The van der Waals surface area contributed by atoms with Gasteiger partial charge in [-0.1, -0.05) is 6.07 Å². The minimum absolute atomic E-state index is 0.265. The highest BCUT2D eigenvalue weighted by Crippen LogP contribution is 2.08. The molecule has 0 aliphatic carbocycles. The zero-order valence-electron chi connectivity index (χ0n) is 9.14. The molecular weight excluding hydrogens is 188 g/mol. The Balaban J connectivity index is 2.48. The average Bonchev–Trinajstić information content (AvgIpc) is 2.25. The van der Waals surface area contributed by atoms with Crippen molar-refractivity contribution in [1.29, 1.82) is 5.26 Å². The molecule has 80 valence electrons. The lowest BCUT2D eigenvalue weighted by molar-refractivity contribution is 0.395. The fourth-order valence-electron chi connectivity index (χ4n) is 1.22. The van der Waals surface area contributed by atoms with Crippen molar-refractivity contribution in [2.75, 3.05) is 27.2 Å². The van der Waals surface area contributed by atoms with Crippen LogP contribution in [0, 0.1) is 11.3 Å². The second-order valence-electron chi connectivity index (χ2n) is 3.61. The second-order valence-corrected chi connectivity index (χ2v) is 3.61. The van der Waals surface area contributed by atoms with E-state index in [4.69, 9.17) is 5.26 Å². The maximum absolute atomic E-state index is 8.99. The normalized spacial score (nSPS) is 12.4. The van der Waals surface area contributed by atoms with Crippen molar-refractivity contribution in [3.05, 3.63) is 30.1 Å². The largest absolute Gasteiger partial charge is 0.308 e. The molecule has 1 unspecified atom stereocenters. The molecule has 1 aromatic rings. The van der Waals surface area contributed by atoms with E-state index < -0.39 is 0 Å². The van der Waals surface area contributed by atoms with Gasteiger partial charge in [-0.25, -0.2) is 0 Å². The Hall–Kier alpha value is -1.44. The van der Waals surface area contributed by atoms with Crippen LogP contribution in [-0.4, -0.2) is 37.1 Å². The summed E-state index contributed by atoms with van der Waals surface area (Å²) in [5.41, 5.74) is 0.916. The summed E-state index contributed by atoms with van der Waals surface area (Å²) in [6.07, 6.45) is 3.42. The third-order valence-corrected chi connectivity index (χ3v) is 2.05. The van der Waals surface area contributed by atoms with Gasteiger partial charge in [0.25, 0.3) is 0 Å². The molecule has 1 aromatic heterocycles. The number of aromatic nitrogens is 1. The molecule has 4 heteroatoms. The summed E-state index contributed by atoms with van der Waals surface area (Å²) in [4.78, 5) is 6.07. The zero-order valence-corrected chi connectivity index (χ0v) is 9.14. The van der Waals surface area contributed by atoms with Crippen LogP contribution < -0.4 is 5.32 Å². The minimum atomic E-state index is -0.265. The van der Waals surface area contributed by atoms with E-state index in [1.54, 1.807) is 12.4 Å². The first-order valence-corrected chi connectivity index (χ1v) is 4.91. The monoisotopic (exact) mass is 204 g/mol. The molecule has 1 N–H and O–H groups in total. The number of hydrogen-bond donors (Lipinski definition) is 1. The van der Waals surface area contributed by atoms with Crippen LogP contribution in [0.1, 0.15) is 11.6 Å². The third-order valence-electron chi connectivity index (χ3n) is 2.05. The molecule has 0 aliphatic rings. The van der Waals surface area contributed by atoms with Gasteiger partial charge < -0.3 is 4.90 Å². The van der Waals surface area contributed by atoms with Crippen molar-refractivity contribution >= 4 is 0 Å². The summed E-state index contributed by atoms with van der Waals surface area (Å²) in [7, 11) is 4.01. The van der Waals surface area contributed by atoms with E-state index in [1.807, 2.05) is 26.2 Å². The van der Waals surface area contributed by atoms with Gasteiger partial charge in [0, 0.05) is 31.0 Å². The number of likely N-dealkylation sites (N-methyl/N-ethyl adjacent to an activating group) is 1. The van der Waals surface area contributed by atoms with Gasteiger partial charge >= 0.3 is 0 Å². The Morgan fingerprint density at radius 2 is 2.40 bits per heavy atom. The topological polar surface area (TPSA) is 52.0 Å². The van der Waals surface area contributed by atoms with Crippen LogP contribution in [0.15, 0.2) is 24.5 Å². The Labute approximate surface area is 90.5 Å². The third kappa shape index (κ3) is 4.07. The Kier molecular flexibility index (Phi) is 4.75. The van der Waals surface area contributed by atoms with Gasteiger partial charge in [0.1, 0.15) is 6.04 Å². The Morgan fingerprint density at radius 1 is 1.60 bits per heavy atom. The van der Waals surface area contributed by atoms with Crippen LogP contribution in [-0.2, 0) is 0 Å². The van der Waals surface area contributed by atoms with Gasteiger partial charge in [-0.15, -0.1) is 0 Å². The summed E-state index contributed by atoms with van der Waals surface area (Å²) in [6, 6.07) is 5.70. The molecule has 0 radical (unpaired) electrons. The molecule has 1 atom stereocenters. The van der Waals surface area contributed by atoms with Crippen LogP contribution >= 0.6 is 0 Å². The quantitative estimate of drug-likeness (QED) is 0.770. The van der Waals surface area contributed by atoms with Crippen LogP contribution in [0.4, 0.5) is 0 Å². The Morgan fingerprint density at radius 3 is 2.93 bits per heavy atom. The fraction of sp³-hybridized carbons (Fsp3) is 0.455. The molecule has 0 amide bonds. The van der Waals surface area contributed by atoms with Crippen molar-refractivity contribution < 1.29 is 0 Å². The molecule has 0 aliphatic heterocycles. The molecule has 0 spiro atoms. The van der Waals surface area contributed by atoms with E-state index >= 15 is 0 Å². The van der Waals surface area contributed by atoms with Crippen molar-refractivity contribution in [2.45, 2.75) is 6.04 Å². The number of hydrogen-bond acceptors (Lipinski definition) is 4. The number of nitrogens with one attached hydrogen (secondary N) is 1. The van der Waals surface area contributed by atoms with Crippen molar-refractivity contribution in [2.24, 2.45) is 0 Å². The maximum Gasteiger partial charge on any atom is 0.122 e. The molecule has 1 heterocycles. The van der Waals surface area contributed by atoms with Gasteiger partial charge in [-0.2, -0.15) is 5.26 Å². The van der Waals surface area contributed by atoms with E-state index in [2.05, 4.69) is 21.3 Å². The first kappa shape index (κ1) is 11.6. The standard InChI is InChI=1S/C11H16N4/c1-15(2)7-6-14-11(8-12)10-4-3-5-13-9-10/h3-5,9,11,14H,6-7H2,1-2H3. The van der Waals surface area contributed by atoms with Crippen molar-refractivity contribution in [1.82, 2.24) is 15.2 Å². The molecule has 1 rings (SSSR count). The predicted octanol–water partition coefficient (Wildman–Crippen LogP) is 0.797. The van der Waals surface area contributed by atoms with Gasteiger partial charge in [-0.3, -0.25) is 10.3 Å². The van der Waals surface area contributed by atoms with Crippen molar-refractivity contribution in [3.8, 4) is 6.07 Å². The molecule has 15 heavy (non-hydrogen) atoms. The number of rotatable bonds is 5. The molecule has 0 bridgehead atoms. The number of nitrogens with zero attached hydrogens (tertiary/aromatic N) is 3. The van der Waals surface area contributed by atoms with E-state index in [-0.39, 0.29) is 6.04 Å². The van der Waals surface area contributed by atoms with Crippen LogP contribution in [0.5, 0.6) is 0 Å². The average molecular weight is 204 g/mol. The summed E-state index contributed by atoms with van der Waals surface area (Å²) < 4.78 is 0. The lowest BCUT2D eigenvalue weighted by atomic mass is 10.1. The maximum atomic E-state index is 8.99. The second kappa shape index (κ2) is 6.12. The molecular formula is C11H16N4. The van der Waals surface area contributed by atoms with Crippen LogP contribution in [0.25, 0.3) is 0 Å². The molecule has 0 aromatic carbocycles. The molecule has 0 saturated heterocycles. The number of pyridine rings is 1. The van der Waals surface area contributed by atoms with Gasteiger partial charge in [0.15, 0.2) is 0 Å². The smallest absolute Gasteiger partial charge is 0.122 e. The van der Waals surface area contributed by atoms with Gasteiger partial charge in [-0.05, 0) is 20.2 Å². The van der Waals surface area contributed by atoms with E-state index in [9.17, 15) is 0 Å². The fourth-order valence-corrected chi connectivity index (χ4v) is 1.22. The van der Waals surface area contributed by atoms with E-state index in [1.165, 1.54) is 0 Å². The van der Waals surface area contributed by atoms with E-state index in [0.717, 1.165) is 18.7 Å². The summed E-state index contributed by atoms with van der Waals surface area (Å²) >= 11 is 0. The summed E-state index contributed by atoms with van der Waals surface area (Å²) in [5, 5.41) is 12.2. The minimum Gasteiger partial charge on any atom is -0.308 e. The Bertz CT molecular complexity index is 315. The predicted molar refractivity (Wildman–Crippen MR) is 59.1 cm³/mol. The highest BCUT2D eigenvalue weighted by Gasteiger charge is 2.08. The van der Waals surface area contributed by atoms with Gasteiger partial charge in [0.2, 0.25) is 0 Å². The molecule has 0 saturated carbocycles. The SMILES string of the molecule is CN(C)CCNC(C#N)c1cccnc1.